The minimum atomic E-state index is 0.356. The molecule has 1 aliphatic heterocycles. The minimum absolute atomic E-state index is 0.356. The largest absolute Gasteiger partial charge is 0.454 e. The Hall–Kier alpha value is -1.22. The van der Waals surface area contributed by atoms with Crippen LogP contribution >= 0.6 is 0 Å². The number of hydrogen-bond donors (Lipinski definition) is 1. The zero-order chi connectivity index (χ0) is 13.3. The van der Waals surface area contributed by atoms with Crippen LogP contribution in [0.1, 0.15) is 38.7 Å². The van der Waals surface area contributed by atoms with Crippen molar-refractivity contribution in [2.45, 2.75) is 45.6 Å². The molecule has 3 nitrogen and oxygen atoms in total. The van der Waals surface area contributed by atoms with E-state index in [2.05, 4.69) is 31.3 Å². The fourth-order valence-electron chi connectivity index (χ4n) is 2.39. The van der Waals surface area contributed by atoms with Crippen LogP contribution in [0.15, 0.2) is 18.2 Å². The third-order valence-corrected chi connectivity index (χ3v) is 4.28. The predicted octanol–water partition coefficient (Wildman–Crippen LogP) is 3.13. The van der Waals surface area contributed by atoms with Gasteiger partial charge < -0.3 is 14.8 Å². The summed E-state index contributed by atoms with van der Waals surface area (Å²) in [5.74, 6) is 1.76. The quantitative estimate of drug-likeness (QED) is 0.853. The van der Waals surface area contributed by atoms with E-state index < -0.39 is 0 Å². The van der Waals surface area contributed by atoms with Gasteiger partial charge in [0, 0.05) is 12.6 Å². The van der Waals surface area contributed by atoms with Gasteiger partial charge in [0.15, 0.2) is 11.5 Å². The lowest BCUT2D eigenvalue weighted by Crippen LogP contribution is -2.31. The van der Waals surface area contributed by atoms with Crippen LogP contribution in [-0.2, 0) is 6.42 Å². The fourth-order valence-corrected chi connectivity index (χ4v) is 2.39. The second-order valence-electron chi connectivity index (χ2n) is 6.32. The van der Waals surface area contributed by atoms with Gasteiger partial charge in [0.05, 0.1) is 0 Å². The van der Waals surface area contributed by atoms with E-state index in [9.17, 15) is 0 Å². The molecule has 104 valence electrons. The summed E-state index contributed by atoms with van der Waals surface area (Å²) in [7, 11) is 0. The van der Waals surface area contributed by atoms with Crippen molar-refractivity contribution >= 4 is 0 Å². The maximum absolute atomic E-state index is 5.41. The van der Waals surface area contributed by atoms with Crippen molar-refractivity contribution in [1.82, 2.24) is 5.32 Å². The first-order valence-electron chi connectivity index (χ1n) is 7.27. The molecule has 0 aromatic heterocycles. The summed E-state index contributed by atoms with van der Waals surface area (Å²) in [6, 6.07) is 6.84. The molecule has 1 aromatic rings. The Labute approximate surface area is 115 Å². The second-order valence-corrected chi connectivity index (χ2v) is 6.32. The van der Waals surface area contributed by atoms with E-state index in [4.69, 9.17) is 9.47 Å². The van der Waals surface area contributed by atoms with Crippen LogP contribution in [0.25, 0.3) is 0 Å². The van der Waals surface area contributed by atoms with Gasteiger partial charge in [0.2, 0.25) is 6.79 Å². The van der Waals surface area contributed by atoms with Crippen molar-refractivity contribution < 1.29 is 9.47 Å². The van der Waals surface area contributed by atoms with E-state index in [0.717, 1.165) is 30.9 Å². The molecule has 1 fully saturated rings. The number of benzene rings is 1. The Morgan fingerprint density at radius 1 is 1.26 bits per heavy atom. The van der Waals surface area contributed by atoms with Gasteiger partial charge in [0.1, 0.15) is 0 Å². The van der Waals surface area contributed by atoms with Crippen LogP contribution in [0.5, 0.6) is 11.5 Å². The number of nitrogens with one attached hydrogen (secondary N) is 1. The number of rotatable bonds is 6. The monoisotopic (exact) mass is 261 g/mol. The smallest absolute Gasteiger partial charge is 0.231 e. The lowest BCUT2D eigenvalue weighted by molar-refractivity contribution is 0.174. The summed E-state index contributed by atoms with van der Waals surface area (Å²) in [5.41, 5.74) is 1.92. The number of aryl methyl sites for hydroxylation is 1. The van der Waals surface area contributed by atoms with Gasteiger partial charge in [-0.1, -0.05) is 13.0 Å². The van der Waals surface area contributed by atoms with E-state index in [1.807, 2.05) is 6.07 Å². The zero-order valence-electron chi connectivity index (χ0n) is 11.9. The lowest BCUT2D eigenvalue weighted by Gasteiger charge is -2.17. The Morgan fingerprint density at radius 2 is 2.05 bits per heavy atom. The summed E-state index contributed by atoms with van der Waals surface area (Å²) in [6.07, 6.45) is 5.01. The molecule has 0 spiro atoms. The van der Waals surface area contributed by atoms with E-state index in [1.54, 1.807) is 0 Å². The highest BCUT2D eigenvalue weighted by atomic mass is 16.7. The first-order valence-corrected chi connectivity index (χ1v) is 7.27. The molecule has 0 bridgehead atoms. The number of fused-ring (bicyclic) bond motifs is 1. The van der Waals surface area contributed by atoms with Crippen LogP contribution < -0.4 is 14.8 Å². The molecule has 1 atom stereocenters. The van der Waals surface area contributed by atoms with Gasteiger partial charge in [-0.2, -0.15) is 0 Å². The topological polar surface area (TPSA) is 30.5 Å². The zero-order valence-corrected chi connectivity index (χ0v) is 11.9. The molecular formula is C16H23NO2. The average molecular weight is 261 g/mol. The van der Waals surface area contributed by atoms with Crippen LogP contribution in [-0.4, -0.2) is 19.4 Å². The predicted molar refractivity (Wildman–Crippen MR) is 75.7 cm³/mol. The SMILES string of the molecule is CC(CCc1ccc2c(c1)OCO2)NCC1(C)CC1. The molecule has 19 heavy (non-hydrogen) atoms. The molecule has 2 aliphatic rings. The van der Waals surface area contributed by atoms with Crippen LogP contribution in [0.3, 0.4) is 0 Å². The molecule has 1 aromatic carbocycles. The van der Waals surface area contributed by atoms with Crippen molar-refractivity contribution in [3.05, 3.63) is 23.8 Å². The maximum atomic E-state index is 5.41. The summed E-state index contributed by atoms with van der Waals surface area (Å²) in [5, 5.41) is 3.65. The lowest BCUT2D eigenvalue weighted by atomic mass is 10.0. The van der Waals surface area contributed by atoms with E-state index in [-0.39, 0.29) is 0 Å². The third-order valence-electron chi connectivity index (χ3n) is 4.28. The van der Waals surface area contributed by atoms with Gasteiger partial charge in [0.25, 0.3) is 0 Å². The van der Waals surface area contributed by atoms with Gasteiger partial charge in [-0.05, 0) is 55.7 Å². The standard InChI is InChI=1S/C16H23NO2/c1-12(17-10-16(2)7-8-16)3-4-13-5-6-14-15(9-13)19-11-18-14/h5-6,9,12,17H,3-4,7-8,10-11H2,1-2H3. The maximum Gasteiger partial charge on any atom is 0.231 e. The first-order chi connectivity index (χ1) is 9.15. The van der Waals surface area contributed by atoms with Gasteiger partial charge in [-0.15, -0.1) is 0 Å². The summed E-state index contributed by atoms with van der Waals surface area (Å²) < 4.78 is 10.7. The van der Waals surface area contributed by atoms with Gasteiger partial charge in [-0.25, -0.2) is 0 Å². The first kappa shape index (κ1) is 12.8. The Morgan fingerprint density at radius 3 is 2.84 bits per heavy atom. The Bertz CT molecular complexity index is 454. The Kier molecular flexibility index (Phi) is 3.40. The van der Waals surface area contributed by atoms with Crippen LogP contribution in [0.4, 0.5) is 0 Å². The van der Waals surface area contributed by atoms with Crippen molar-refractivity contribution in [3.8, 4) is 11.5 Å². The normalized spacial score (nSPS) is 20.3. The average Bonchev–Trinajstić information content (AvgIpc) is 2.97. The molecule has 1 saturated carbocycles. The molecule has 3 heteroatoms. The highest BCUT2D eigenvalue weighted by molar-refractivity contribution is 5.44. The fraction of sp³-hybridized carbons (Fsp3) is 0.625. The summed E-state index contributed by atoms with van der Waals surface area (Å²) in [4.78, 5) is 0. The summed E-state index contributed by atoms with van der Waals surface area (Å²) in [6.45, 7) is 6.16. The van der Waals surface area contributed by atoms with Crippen LogP contribution in [0, 0.1) is 5.41 Å². The third kappa shape index (κ3) is 3.21. The van der Waals surface area contributed by atoms with Gasteiger partial charge >= 0.3 is 0 Å². The molecule has 0 radical (unpaired) electrons. The molecule has 3 rings (SSSR count). The molecule has 1 aliphatic carbocycles. The number of hydrogen-bond acceptors (Lipinski definition) is 3. The van der Waals surface area contributed by atoms with Crippen molar-refractivity contribution in [2.24, 2.45) is 5.41 Å². The highest BCUT2D eigenvalue weighted by Gasteiger charge is 2.36. The number of ether oxygens (including phenoxy) is 2. The molecule has 0 saturated heterocycles. The molecule has 0 amide bonds. The Balaban J connectivity index is 1.46. The minimum Gasteiger partial charge on any atom is -0.454 e. The molecule has 1 N–H and O–H groups in total. The van der Waals surface area contributed by atoms with Crippen molar-refractivity contribution in [3.63, 3.8) is 0 Å². The van der Waals surface area contributed by atoms with E-state index in [1.165, 1.54) is 18.4 Å². The molecular weight excluding hydrogens is 238 g/mol. The van der Waals surface area contributed by atoms with E-state index in [0.29, 0.717) is 18.2 Å². The van der Waals surface area contributed by atoms with E-state index >= 15 is 0 Å². The second kappa shape index (κ2) is 5.04. The van der Waals surface area contributed by atoms with Crippen molar-refractivity contribution in [1.29, 1.82) is 0 Å². The van der Waals surface area contributed by atoms with Crippen LogP contribution in [0.2, 0.25) is 0 Å². The van der Waals surface area contributed by atoms with Gasteiger partial charge in [-0.3, -0.25) is 0 Å². The van der Waals surface area contributed by atoms with Crippen molar-refractivity contribution in [2.75, 3.05) is 13.3 Å². The summed E-state index contributed by atoms with van der Waals surface area (Å²) >= 11 is 0. The molecule has 1 unspecified atom stereocenters. The highest BCUT2D eigenvalue weighted by Crippen LogP contribution is 2.44. The molecule has 1 heterocycles.